The van der Waals surface area contributed by atoms with E-state index in [-0.39, 0.29) is 6.10 Å². The quantitative estimate of drug-likeness (QED) is 0.477. The Balaban J connectivity index is 1.48. The molecule has 2 aromatic heterocycles. The van der Waals surface area contributed by atoms with E-state index in [1.54, 1.807) is 10.9 Å². The summed E-state index contributed by atoms with van der Waals surface area (Å²) < 4.78 is 7.69. The van der Waals surface area contributed by atoms with Gasteiger partial charge in [0, 0.05) is 51.7 Å². The number of rotatable bonds is 5. The van der Waals surface area contributed by atoms with E-state index >= 15 is 0 Å². The van der Waals surface area contributed by atoms with Crippen molar-refractivity contribution in [1.82, 2.24) is 25.0 Å². The van der Waals surface area contributed by atoms with Crippen molar-refractivity contribution < 1.29 is 4.74 Å². The van der Waals surface area contributed by atoms with E-state index in [0.29, 0.717) is 6.61 Å². The van der Waals surface area contributed by atoms with Crippen LogP contribution in [0.3, 0.4) is 0 Å². The SMILES string of the molecule is CN=C(NCCNc1ccccn1)N1CCOC(c2cnn(C)c2)C1. The molecule has 8 nitrogen and oxygen atoms in total. The van der Waals surface area contributed by atoms with Crippen molar-refractivity contribution in [2.24, 2.45) is 12.0 Å². The maximum atomic E-state index is 5.89. The van der Waals surface area contributed by atoms with Crippen molar-refractivity contribution in [2.75, 3.05) is 45.2 Å². The fourth-order valence-corrected chi connectivity index (χ4v) is 2.81. The first-order valence-electron chi connectivity index (χ1n) is 8.47. The van der Waals surface area contributed by atoms with Crippen LogP contribution < -0.4 is 10.6 Å². The lowest BCUT2D eigenvalue weighted by molar-refractivity contribution is -0.00799. The normalized spacial score (nSPS) is 18.2. The molecule has 0 aromatic carbocycles. The van der Waals surface area contributed by atoms with Crippen molar-refractivity contribution in [3.05, 3.63) is 42.4 Å². The van der Waals surface area contributed by atoms with Gasteiger partial charge in [0.25, 0.3) is 0 Å². The molecule has 2 N–H and O–H groups in total. The van der Waals surface area contributed by atoms with Crippen LogP contribution in [0.25, 0.3) is 0 Å². The van der Waals surface area contributed by atoms with Crippen molar-refractivity contribution in [1.29, 1.82) is 0 Å². The fourth-order valence-electron chi connectivity index (χ4n) is 2.81. The largest absolute Gasteiger partial charge is 0.370 e. The van der Waals surface area contributed by atoms with Crippen LogP contribution in [0.15, 0.2) is 41.8 Å². The Morgan fingerprint density at radius 2 is 2.32 bits per heavy atom. The molecule has 0 spiro atoms. The third kappa shape index (κ3) is 4.69. The van der Waals surface area contributed by atoms with Crippen LogP contribution in [-0.2, 0) is 11.8 Å². The average molecular weight is 343 g/mol. The lowest BCUT2D eigenvalue weighted by atomic mass is 10.1. The smallest absolute Gasteiger partial charge is 0.193 e. The van der Waals surface area contributed by atoms with E-state index in [2.05, 4.69) is 30.6 Å². The summed E-state index contributed by atoms with van der Waals surface area (Å²) in [6.45, 7) is 3.79. The third-order valence-corrected chi connectivity index (χ3v) is 4.05. The number of anilines is 1. The Hall–Kier alpha value is -2.61. The summed E-state index contributed by atoms with van der Waals surface area (Å²) in [6.07, 6.45) is 5.66. The van der Waals surface area contributed by atoms with Crippen molar-refractivity contribution in [3.8, 4) is 0 Å². The molecule has 0 aliphatic carbocycles. The molecule has 25 heavy (non-hydrogen) atoms. The van der Waals surface area contributed by atoms with Gasteiger partial charge in [-0.1, -0.05) is 6.07 Å². The monoisotopic (exact) mass is 343 g/mol. The lowest BCUT2D eigenvalue weighted by Gasteiger charge is -2.34. The molecule has 0 bridgehead atoms. The molecule has 1 atom stereocenters. The van der Waals surface area contributed by atoms with Gasteiger partial charge in [0.05, 0.1) is 19.3 Å². The number of aryl methyl sites for hydroxylation is 1. The summed E-state index contributed by atoms with van der Waals surface area (Å²) >= 11 is 0. The maximum Gasteiger partial charge on any atom is 0.193 e. The highest BCUT2D eigenvalue weighted by molar-refractivity contribution is 5.80. The molecule has 134 valence electrons. The highest BCUT2D eigenvalue weighted by Gasteiger charge is 2.24. The summed E-state index contributed by atoms with van der Waals surface area (Å²) in [7, 11) is 3.72. The van der Waals surface area contributed by atoms with Gasteiger partial charge in [-0.05, 0) is 12.1 Å². The first-order chi connectivity index (χ1) is 12.3. The minimum absolute atomic E-state index is 0.0210. The minimum atomic E-state index is 0.0210. The van der Waals surface area contributed by atoms with Crippen LogP contribution in [-0.4, -0.2) is 65.5 Å². The topological polar surface area (TPSA) is 79.6 Å². The number of hydrogen-bond donors (Lipinski definition) is 2. The Morgan fingerprint density at radius 1 is 1.40 bits per heavy atom. The number of aliphatic imine (C=N–C) groups is 1. The molecule has 3 heterocycles. The van der Waals surface area contributed by atoms with Crippen molar-refractivity contribution in [2.45, 2.75) is 6.10 Å². The lowest BCUT2D eigenvalue weighted by Crippen LogP contribution is -2.49. The molecule has 1 aliphatic heterocycles. The molecule has 0 saturated carbocycles. The Labute approximate surface area is 147 Å². The van der Waals surface area contributed by atoms with Crippen LogP contribution in [0.2, 0.25) is 0 Å². The molecule has 1 saturated heterocycles. The second kappa shape index (κ2) is 8.48. The molecular weight excluding hydrogens is 318 g/mol. The summed E-state index contributed by atoms with van der Waals surface area (Å²) in [5.74, 6) is 1.77. The van der Waals surface area contributed by atoms with E-state index < -0.39 is 0 Å². The Morgan fingerprint density at radius 3 is 3.04 bits per heavy atom. The Kier molecular flexibility index (Phi) is 5.84. The molecule has 3 rings (SSSR count). The number of nitrogens with zero attached hydrogens (tertiary/aromatic N) is 5. The summed E-state index contributed by atoms with van der Waals surface area (Å²) in [5.41, 5.74) is 1.10. The van der Waals surface area contributed by atoms with E-state index in [1.807, 2.05) is 44.7 Å². The number of nitrogens with one attached hydrogen (secondary N) is 2. The van der Waals surface area contributed by atoms with E-state index in [4.69, 9.17) is 4.74 Å². The van der Waals surface area contributed by atoms with Crippen LogP contribution in [0.4, 0.5) is 5.82 Å². The third-order valence-electron chi connectivity index (χ3n) is 4.05. The van der Waals surface area contributed by atoms with Gasteiger partial charge >= 0.3 is 0 Å². The van der Waals surface area contributed by atoms with Gasteiger partial charge < -0.3 is 20.3 Å². The molecule has 1 fully saturated rings. The zero-order chi connectivity index (χ0) is 17.5. The van der Waals surface area contributed by atoms with Gasteiger partial charge in [-0.3, -0.25) is 9.67 Å². The van der Waals surface area contributed by atoms with Gasteiger partial charge in [0.1, 0.15) is 11.9 Å². The second-order valence-electron chi connectivity index (χ2n) is 5.87. The number of morpholine rings is 1. The Bertz CT molecular complexity index is 685. The van der Waals surface area contributed by atoms with E-state index in [1.165, 1.54) is 0 Å². The van der Waals surface area contributed by atoms with Gasteiger partial charge in [-0.15, -0.1) is 0 Å². The van der Waals surface area contributed by atoms with Crippen LogP contribution in [0.1, 0.15) is 11.7 Å². The molecule has 1 unspecified atom stereocenters. The zero-order valence-corrected chi connectivity index (χ0v) is 14.7. The van der Waals surface area contributed by atoms with Gasteiger partial charge in [-0.25, -0.2) is 4.98 Å². The van der Waals surface area contributed by atoms with E-state index in [0.717, 1.165) is 43.5 Å². The van der Waals surface area contributed by atoms with Gasteiger partial charge in [0.2, 0.25) is 0 Å². The number of pyridine rings is 1. The predicted octanol–water partition coefficient (Wildman–Crippen LogP) is 0.876. The minimum Gasteiger partial charge on any atom is -0.370 e. The van der Waals surface area contributed by atoms with Crippen LogP contribution >= 0.6 is 0 Å². The molecule has 2 aromatic rings. The molecule has 0 amide bonds. The maximum absolute atomic E-state index is 5.89. The number of hydrogen-bond acceptors (Lipinski definition) is 5. The van der Waals surface area contributed by atoms with Crippen LogP contribution in [0.5, 0.6) is 0 Å². The van der Waals surface area contributed by atoms with Crippen molar-refractivity contribution in [3.63, 3.8) is 0 Å². The highest BCUT2D eigenvalue weighted by Crippen LogP contribution is 2.21. The summed E-state index contributed by atoms with van der Waals surface area (Å²) in [4.78, 5) is 10.9. The van der Waals surface area contributed by atoms with Gasteiger partial charge in [-0.2, -0.15) is 5.10 Å². The first kappa shape index (κ1) is 17.2. The molecule has 8 heteroatoms. The molecule has 0 radical (unpaired) electrons. The first-order valence-corrected chi connectivity index (χ1v) is 8.47. The molecular formula is C17H25N7O. The highest BCUT2D eigenvalue weighted by atomic mass is 16.5. The standard InChI is InChI=1S/C17H25N7O/c1-18-17(21-8-7-20-16-5-3-4-6-19-16)24-9-10-25-15(13-24)14-11-22-23(2)12-14/h3-6,11-12,15H,7-10,13H2,1-2H3,(H,18,21)(H,19,20). The zero-order valence-electron chi connectivity index (χ0n) is 14.7. The average Bonchev–Trinajstić information content (AvgIpc) is 3.09. The van der Waals surface area contributed by atoms with Crippen LogP contribution in [0, 0.1) is 0 Å². The van der Waals surface area contributed by atoms with Gasteiger partial charge in [0.15, 0.2) is 5.96 Å². The number of ether oxygens (including phenoxy) is 1. The number of aromatic nitrogens is 3. The van der Waals surface area contributed by atoms with Crippen molar-refractivity contribution >= 4 is 11.8 Å². The predicted molar refractivity (Wildman–Crippen MR) is 97.6 cm³/mol. The molecule has 1 aliphatic rings. The number of guanidine groups is 1. The summed E-state index contributed by atoms with van der Waals surface area (Å²) in [5, 5.41) is 10.9. The van der Waals surface area contributed by atoms with E-state index in [9.17, 15) is 0 Å². The summed E-state index contributed by atoms with van der Waals surface area (Å²) in [6, 6.07) is 5.83. The second-order valence-corrected chi connectivity index (χ2v) is 5.87. The fraction of sp³-hybridized carbons (Fsp3) is 0.471.